The quantitative estimate of drug-likeness (QED) is 0.793. The molecule has 0 unspecified atom stereocenters. The topological polar surface area (TPSA) is 33.3 Å². The van der Waals surface area contributed by atoms with Crippen LogP contribution in [0.5, 0.6) is 5.75 Å². The molecule has 2 rings (SSSR count). The average molecular weight is 327 g/mol. The summed E-state index contributed by atoms with van der Waals surface area (Å²) in [5.74, 6) is 0.657. The molecule has 0 aliphatic carbocycles. The molecule has 2 N–H and O–H groups in total. The smallest absolute Gasteiger partial charge is 0.175 e. The number of hydrogen-bond acceptors (Lipinski definition) is 2. The molecule has 0 atom stereocenters. The number of anilines is 2. The summed E-state index contributed by atoms with van der Waals surface area (Å²) in [5.41, 5.74) is 1.50. The van der Waals surface area contributed by atoms with Crippen LogP contribution < -0.4 is 15.4 Å². The van der Waals surface area contributed by atoms with Crippen LogP contribution in [-0.4, -0.2) is 12.2 Å². The van der Waals surface area contributed by atoms with Crippen molar-refractivity contribution >= 4 is 51.9 Å². The lowest BCUT2D eigenvalue weighted by Crippen LogP contribution is -2.19. The van der Waals surface area contributed by atoms with Crippen LogP contribution in [0.25, 0.3) is 0 Å². The molecule has 3 nitrogen and oxygen atoms in total. The van der Waals surface area contributed by atoms with E-state index in [0.29, 0.717) is 26.6 Å². The monoisotopic (exact) mass is 326 g/mol. The van der Waals surface area contributed by atoms with Gasteiger partial charge in [-0.05, 0) is 48.6 Å². The standard InChI is InChI=1S/C14H12Cl2N2OS/c1-19-13-6-5-10(16)8-12(13)18-14(20)17-11-4-2-3-9(15)7-11/h2-8H,1H3,(H2,17,18,20). The zero-order valence-electron chi connectivity index (χ0n) is 10.6. The highest BCUT2D eigenvalue weighted by molar-refractivity contribution is 7.80. The highest BCUT2D eigenvalue weighted by Crippen LogP contribution is 2.27. The Morgan fingerprint density at radius 2 is 1.80 bits per heavy atom. The molecule has 0 saturated carbocycles. The molecule has 2 aromatic carbocycles. The van der Waals surface area contributed by atoms with Gasteiger partial charge in [-0.2, -0.15) is 0 Å². The fraction of sp³-hybridized carbons (Fsp3) is 0.0714. The van der Waals surface area contributed by atoms with Gasteiger partial charge < -0.3 is 15.4 Å². The van der Waals surface area contributed by atoms with E-state index in [-0.39, 0.29) is 0 Å². The van der Waals surface area contributed by atoms with E-state index in [2.05, 4.69) is 10.6 Å². The molecule has 0 aliphatic heterocycles. The average Bonchev–Trinajstić information content (AvgIpc) is 2.38. The van der Waals surface area contributed by atoms with Crippen LogP contribution in [-0.2, 0) is 0 Å². The molecule has 0 radical (unpaired) electrons. The van der Waals surface area contributed by atoms with Crippen LogP contribution in [0.2, 0.25) is 10.0 Å². The summed E-state index contributed by atoms with van der Waals surface area (Å²) in [6, 6.07) is 12.5. The van der Waals surface area contributed by atoms with Crippen LogP contribution in [0, 0.1) is 0 Å². The maximum Gasteiger partial charge on any atom is 0.175 e. The van der Waals surface area contributed by atoms with Crippen molar-refractivity contribution in [2.24, 2.45) is 0 Å². The van der Waals surface area contributed by atoms with Gasteiger partial charge in [0, 0.05) is 15.7 Å². The lowest BCUT2D eigenvalue weighted by molar-refractivity contribution is 0.417. The molecular weight excluding hydrogens is 315 g/mol. The third kappa shape index (κ3) is 4.00. The number of ether oxygens (including phenoxy) is 1. The van der Waals surface area contributed by atoms with Gasteiger partial charge in [0.2, 0.25) is 0 Å². The fourth-order valence-electron chi connectivity index (χ4n) is 1.63. The summed E-state index contributed by atoms with van der Waals surface area (Å²) in [4.78, 5) is 0. The predicted octanol–water partition coefficient (Wildman–Crippen LogP) is 4.81. The number of nitrogens with one attached hydrogen (secondary N) is 2. The maximum atomic E-state index is 5.96. The SMILES string of the molecule is COc1ccc(Cl)cc1NC(=S)Nc1cccc(Cl)c1. The Hall–Kier alpha value is -1.49. The van der Waals surface area contributed by atoms with E-state index in [9.17, 15) is 0 Å². The number of halogens is 2. The Morgan fingerprint density at radius 1 is 1.05 bits per heavy atom. The molecule has 0 aliphatic rings. The van der Waals surface area contributed by atoms with Crippen molar-refractivity contribution in [3.05, 3.63) is 52.5 Å². The fourth-order valence-corrected chi connectivity index (χ4v) is 2.22. The minimum Gasteiger partial charge on any atom is -0.495 e. The number of thiocarbonyl (C=S) groups is 1. The first-order valence-corrected chi connectivity index (χ1v) is 6.92. The molecule has 0 spiro atoms. The third-order valence-corrected chi connectivity index (χ3v) is 3.17. The van der Waals surface area contributed by atoms with Crippen LogP contribution in [0.15, 0.2) is 42.5 Å². The maximum absolute atomic E-state index is 5.96. The molecule has 20 heavy (non-hydrogen) atoms. The molecule has 0 bridgehead atoms. The summed E-state index contributed by atoms with van der Waals surface area (Å²) >= 11 is 17.1. The van der Waals surface area contributed by atoms with Gasteiger partial charge in [0.25, 0.3) is 0 Å². The van der Waals surface area contributed by atoms with E-state index >= 15 is 0 Å². The van der Waals surface area contributed by atoms with E-state index in [0.717, 1.165) is 5.69 Å². The number of rotatable bonds is 3. The number of hydrogen-bond donors (Lipinski definition) is 2. The largest absolute Gasteiger partial charge is 0.495 e. The molecular formula is C14H12Cl2N2OS. The van der Waals surface area contributed by atoms with Crippen LogP contribution >= 0.6 is 35.4 Å². The minimum atomic E-state index is 0.424. The van der Waals surface area contributed by atoms with Crippen molar-refractivity contribution in [1.82, 2.24) is 0 Å². The van der Waals surface area contributed by atoms with Gasteiger partial charge in [-0.1, -0.05) is 29.3 Å². The van der Waals surface area contributed by atoms with Crippen molar-refractivity contribution in [3.8, 4) is 5.75 Å². The first-order chi connectivity index (χ1) is 9.58. The molecule has 6 heteroatoms. The van der Waals surface area contributed by atoms with E-state index < -0.39 is 0 Å². The first-order valence-electron chi connectivity index (χ1n) is 5.75. The van der Waals surface area contributed by atoms with Crippen molar-refractivity contribution in [2.75, 3.05) is 17.7 Å². The van der Waals surface area contributed by atoms with Gasteiger partial charge >= 0.3 is 0 Å². The minimum absolute atomic E-state index is 0.424. The Kier molecular flexibility index (Phi) is 5.06. The Balaban J connectivity index is 2.10. The van der Waals surface area contributed by atoms with Gasteiger partial charge in [-0.25, -0.2) is 0 Å². The molecule has 0 aromatic heterocycles. The van der Waals surface area contributed by atoms with Crippen molar-refractivity contribution in [1.29, 1.82) is 0 Å². The highest BCUT2D eigenvalue weighted by atomic mass is 35.5. The number of methoxy groups -OCH3 is 1. The Bertz CT molecular complexity index is 634. The summed E-state index contributed by atoms with van der Waals surface area (Å²) < 4.78 is 5.24. The molecule has 0 saturated heterocycles. The van der Waals surface area contributed by atoms with Gasteiger partial charge in [0.15, 0.2) is 5.11 Å². The predicted molar refractivity (Wildman–Crippen MR) is 89.3 cm³/mol. The van der Waals surface area contributed by atoms with E-state index in [1.807, 2.05) is 12.1 Å². The molecule has 2 aromatic rings. The first kappa shape index (κ1) is 14.9. The van der Waals surface area contributed by atoms with Crippen molar-refractivity contribution in [2.45, 2.75) is 0 Å². The zero-order chi connectivity index (χ0) is 14.5. The van der Waals surface area contributed by atoms with Crippen LogP contribution in [0.3, 0.4) is 0 Å². The second-order valence-electron chi connectivity index (χ2n) is 3.93. The zero-order valence-corrected chi connectivity index (χ0v) is 12.9. The van der Waals surface area contributed by atoms with Gasteiger partial charge in [-0.15, -0.1) is 0 Å². The summed E-state index contributed by atoms with van der Waals surface area (Å²) in [5, 5.41) is 7.73. The normalized spacial score (nSPS) is 9.95. The molecule has 0 heterocycles. The summed E-state index contributed by atoms with van der Waals surface area (Å²) in [7, 11) is 1.59. The van der Waals surface area contributed by atoms with Gasteiger partial charge in [0.1, 0.15) is 5.75 Å². The van der Waals surface area contributed by atoms with E-state index in [1.54, 1.807) is 37.4 Å². The van der Waals surface area contributed by atoms with Crippen LogP contribution in [0.4, 0.5) is 11.4 Å². The number of benzene rings is 2. The molecule has 0 fully saturated rings. The van der Waals surface area contributed by atoms with Gasteiger partial charge in [0.05, 0.1) is 12.8 Å². The lowest BCUT2D eigenvalue weighted by Gasteiger charge is -2.13. The summed E-state index contributed by atoms with van der Waals surface area (Å²) in [6.07, 6.45) is 0. The second-order valence-corrected chi connectivity index (χ2v) is 5.22. The van der Waals surface area contributed by atoms with Crippen LogP contribution in [0.1, 0.15) is 0 Å². The molecule has 104 valence electrons. The van der Waals surface area contributed by atoms with E-state index in [1.165, 1.54) is 0 Å². The second kappa shape index (κ2) is 6.79. The van der Waals surface area contributed by atoms with E-state index in [4.69, 9.17) is 40.2 Å². The van der Waals surface area contributed by atoms with Gasteiger partial charge in [-0.3, -0.25) is 0 Å². The molecule has 0 amide bonds. The van der Waals surface area contributed by atoms with Crippen molar-refractivity contribution < 1.29 is 4.74 Å². The Morgan fingerprint density at radius 3 is 2.50 bits per heavy atom. The highest BCUT2D eigenvalue weighted by Gasteiger charge is 2.06. The van der Waals surface area contributed by atoms with Crippen molar-refractivity contribution in [3.63, 3.8) is 0 Å². The summed E-state index contributed by atoms with van der Waals surface area (Å²) in [6.45, 7) is 0. The third-order valence-electron chi connectivity index (χ3n) is 2.49. The Labute approximate surface area is 132 Å². The lowest BCUT2D eigenvalue weighted by atomic mass is 10.3.